The van der Waals surface area contributed by atoms with Gasteiger partial charge >= 0.3 is 0 Å². The van der Waals surface area contributed by atoms with E-state index in [0.717, 1.165) is 50.3 Å². The van der Waals surface area contributed by atoms with Gasteiger partial charge in [-0.2, -0.15) is 0 Å². The zero-order chi connectivity index (χ0) is 18.0. The summed E-state index contributed by atoms with van der Waals surface area (Å²) >= 11 is 0. The topological polar surface area (TPSA) is 45.7 Å². The Hall–Kier alpha value is -2.40. The van der Waals surface area contributed by atoms with E-state index in [0.29, 0.717) is 12.5 Å². The number of benzene rings is 1. The lowest BCUT2D eigenvalue weighted by atomic mass is 9.85. The van der Waals surface area contributed by atoms with Crippen LogP contribution in [-0.2, 0) is 17.9 Å². The fourth-order valence-electron chi connectivity index (χ4n) is 4.25. The van der Waals surface area contributed by atoms with Crippen LogP contribution in [0.1, 0.15) is 24.0 Å². The van der Waals surface area contributed by atoms with E-state index in [4.69, 9.17) is 4.74 Å². The van der Waals surface area contributed by atoms with Crippen LogP contribution in [0.25, 0.3) is 0 Å². The standard InChI is InChI=1S/C21H25N3O2/c1-26-19-4-2-3-18(13-19)15-24-12-8-21(20(24)25)7-11-23(16-21)14-17-5-9-22-10-6-17/h2-6,9-10,13H,7-8,11-12,14-16H2,1H3/t21-/m0/s1. The van der Waals surface area contributed by atoms with Crippen LogP contribution in [0.3, 0.4) is 0 Å². The predicted octanol–water partition coefficient (Wildman–Crippen LogP) is 2.71. The molecule has 2 saturated heterocycles. The van der Waals surface area contributed by atoms with Gasteiger partial charge in [-0.1, -0.05) is 12.1 Å². The first kappa shape index (κ1) is 17.0. The summed E-state index contributed by atoms with van der Waals surface area (Å²) in [5, 5.41) is 0. The molecule has 5 heteroatoms. The summed E-state index contributed by atoms with van der Waals surface area (Å²) in [7, 11) is 1.67. The molecule has 1 atom stereocenters. The highest BCUT2D eigenvalue weighted by atomic mass is 16.5. The number of amides is 1. The molecule has 0 radical (unpaired) electrons. The van der Waals surface area contributed by atoms with Gasteiger partial charge in [0.1, 0.15) is 5.75 Å². The average Bonchev–Trinajstić information content (AvgIpc) is 3.22. The quantitative estimate of drug-likeness (QED) is 0.831. The van der Waals surface area contributed by atoms with Crippen LogP contribution in [0.5, 0.6) is 5.75 Å². The molecule has 0 N–H and O–H groups in total. The number of carbonyl (C=O) groups excluding carboxylic acids is 1. The predicted molar refractivity (Wildman–Crippen MR) is 99.6 cm³/mol. The molecule has 26 heavy (non-hydrogen) atoms. The average molecular weight is 351 g/mol. The van der Waals surface area contributed by atoms with Gasteiger partial charge < -0.3 is 9.64 Å². The highest BCUT2D eigenvalue weighted by Crippen LogP contribution is 2.41. The first-order valence-corrected chi connectivity index (χ1v) is 9.22. The Labute approximate surface area is 154 Å². The summed E-state index contributed by atoms with van der Waals surface area (Å²) in [6.07, 6.45) is 5.59. The number of methoxy groups -OCH3 is 1. The van der Waals surface area contributed by atoms with E-state index >= 15 is 0 Å². The fourth-order valence-corrected chi connectivity index (χ4v) is 4.25. The van der Waals surface area contributed by atoms with E-state index in [1.54, 1.807) is 7.11 Å². The van der Waals surface area contributed by atoms with E-state index < -0.39 is 0 Å². The first-order valence-electron chi connectivity index (χ1n) is 9.22. The van der Waals surface area contributed by atoms with Gasteiger partial charge in [-0.3, -0.25) is 14.7 Å². The molecule has 0 unspecified atom stereocenters. The van der Waals surface area contributed by atoms with Crippen molar-refractivity contribution in [1.29, 1.82) is 0 Å². The maximum Gasteiger partial charge on any atom is 0.230 e. The molecule has 2 aromatic rings. The number of rotatable bonds is 5. The van der Waals surface area contributed by atoms with Crippen molar-refractivity contribution in [2.24, 2.45) is 5.41 Å². The normalized spacial score (nSPS) is 23.1. The molecule has 1 aromatic heterocycles. The zero-order valence-corrected chi connectivity index (χ0v) is 15.2. The molecule has 2 aliphatic heterocycles. The third-order valence-corrected chi connectivity index (χ3v) is 5.70. The number of aromatic nitrogens is 1. The molecule has 2 aliphatic rings. The van der Waals surface area contributed by atoms with E-state index in [1.165, 1.54) is 5.56 Å². The molecule has 1 amide bonds. The molecule has 3 heterocycles. The van der Waals surface area contributed by atoms with Gasteiger partial charge in [0.05, 0.1) is 12.5 Å². The van der Waals surface area contributed by atoms with Crippen molar-refractivity contribution in [3.63, 3.8) is 0 Å². The van der Waals surface area contributed by atoms with Crippen molar-refractivity contribution in [3.8, 4) is 5.75 Å². The Bertz CT molecular complexity index is 780. The Balaban J connectivity index is 1.40. The summed E-state index contributed by atoms with van der Waals surface area (Å²) in [6.45, 7) is 4.26. The van der Waals surface area contributed by atoms with Gasteiger partial charge in [0, 0.05) is 38.6 Å². The highest BCUT2D eigenvalue weighted by molar-refractivity contribution is 5.85. The smallest absolute Gasteiger partial charge is 0.230 e. The molecule has 0 bridgehead atoms. The fraction of sp³-hybridized carbons (Fsp3) is 0.429. The molecular weight excluding hydrogens is 326 g/mol. The van der Waals surface area contributed by atoms with Crippen molar-refractivity contribution in [2.75, 3.05) is 26.7 Å². The zero-order valence-electron chi connectivity index (χ0n) is 15.2. The minimum Gasteiger partial charge on any atom is -0.497 e. The summed E-state index contributed by atoms with van der Waals surface area (Å²) < 4.78 is 5.30. The van der Waals surface area contributed by atoms with Crippen molar-refractivity contribution < 1.29 is 9.53 Å². The van der Waals surface area contributed by atoms with Crippen molar-refractivity contribution >= 4 is 5.91 Å². The van der Waals surface area contributed by atoms with E-state index in [2.05, 4.69) is 28.1 Å². The lowest BCUT2D eigenvalue weighted by Gasteiger charge is -2.24. The highest BCUT2D eigenvalue weighted by Gasteiger charge is 2.50. The molecule has 1 aromatic carbocycles. The minimum atomic E-state index is -0.189. The van der Waals surface area contributed by atoms with Crippen LogP contribution < -0.4 is 4.74 Å². The summed E-state index contributed by atoms with van der Waals surface area (Å²) in [6, 6.07) is 12.1. The third kappa shape index (κ3) is 3.31. The van der Waals surface area contributed by atoms with Crippen LogP contribution in [-0.4, -0.2) is 47.4 Å². The van der Waals surface area contributed by atoms with Crippen LogP contribution >= 0.6 is 0 Å². The lowest BCUT2D eigenvalue weighted by molar-refractivity contribution is -0.136. The summed E-state index contributed by atoms with van der Waals surface area (Å²) in [5.74, 6) is 1.16. The number of pyridine rings is 1. The van der Waals surface area contributed by atoms with Crippen molar-refractivity contribution in [1.82, 2.24) is 14.8 Å². The second-order valence-corrected chi connectivity index (χ2v) is 7.42. The number of ether oxygens (including phenoxy) is 1. The SMILES string of the molecule is COc1cccc(CN2CC[C@]3(CCN(Cc4ccncc4)C3)C2=O)c1. The van der Waals surface area contributed by atoms with E-state index in [1.807, 2.05) is 35.5 Å². The van der Waals surface area contributed by atoms with Gasteiger partial charge in [-0.05, 0) is 54.8 Å². The van der Waals surface area contributed by atoms with Crippen LogP contribution in [0, 0.1) is 5.41 Å². The number of hydrogen-bond donors (Lipinski definition) is 0. The number of nitrogens with zero attached hydrogens (tertiary/aromatic N) is 3. The van der Waals surface area contributed by atoms with Crippen LogP contribution in [0.15, 0.2) is 48.8 Å². The van der Waals surface area contributed by atoms with Crippen LogP contribution in [0.2, 0.25) is 0 Å². The summed E-state index contributed by atoms with van der Waals surface area (Å²) in [4.78, 5) is 21.6. The molecule has 5 nitrogen and oxygen atoms in total. The maximum atomic E-state index is 13.1. The number of carbonyl (C=O) groups is 1. The van der Waals surface area contributed by atoms with Gasteiger partial charge in [0.2, 0.25) is 5.91 Å². The lowest BCUT2D eigenvalue weighted by Crippen LogP contribution is -2.36. The molecule has 4 rings (SSSR count). The van der Waals surface area contributed by atoms with E-state index in [-0.39, 0.29) is 5.41 Å². The largest absolute Gasteiger partial charge is 0.497 e. The minimum absolute atomic E-state index is 0.189. The maximum absolute atomic E-state index is 13.1. The number of likely N-dealkylation sites (tertiary alicyclic amines) is 2. The molecule has 0 saturated carbocycles. The molecular formula is C21H25N3O2. The van der Waals surface area contributed by atoms with Crippen molar-refractivity contribution in [3.05, 3.63) is 59.9 Å². The monoisotopic (exact) mass is 351 g/mol. The first-order chi connectivity index (χ1) is 12.7. The van der Waals surface area contributed by atoms with E-state index in [9.17, 15) is 4.79 Å². The summed E-state index contributed by atoms with van der Waals surface area (Å²) in [5.41, 5.74) is 2.20. The Morgan fingerprint density at radius 2 is 1.88 bits per heavy atom. The van der Waals surface area contributed by atoms with Gasteiger partial charge in [-0.25, -0.2) is 0 Å². The second-order valence-electron chi connectivity index (χ2n) is 7.42. The van der Waals surface area contributed by atoms with Gasteiger partial charge in [0.15, 0.2) is 0 Å². The van der Waals surface area contributed by atoms with Gasteiger partial charge in [-0.15, -0.1) is 0 Å². The molecule has 136 valence electrons. The Kier molecular flexibility index (Phi) is 4.64. The van der Waals surface area contributed by atoms with Gasteiger partial charge in [0.25, 0.3) is 0 Å². The number of hydrogen-bond acceptors (Lipinski definition) is 4. The molecule has 2 fully saturated rings. The molecule has 0 aliphatic carbocycles. The van der Waals surface area contributed by atoms with Crippen molar-refractivity contribution in [2.45, 2.75) is 25.9 Å². The second kappa shape index (κ2) is 7.08. The third-order valence-electron chi connectivity index (χ3n) is 5.70. The molecule has 1 spiro atoms. The Morgan fingerprint density at radius 1 is 1.08 bits per heavy atom. The Morgan fingerprint density at radius 3 is 2.69 bits per heavy atom. The van der Waals surface area contributed by atoms with Crippen LogP contribution in [0.4, 0.5) is 0 Å².